The van der Waals surface area contributed by atoms with Crippen molar-refractivity contribution in [1.82, 2.24) is 25.2 Å². The standard InChI is InChI=1S/C46H53FN5O8P/c1-3-23-59-45(57)29(2)50-61(58,60-37-10-5-4-6-11-37)41(47)32-15-13-30-14-16-33(25-34(30)24-32)42(54)49-38-12-8-7-9-36-17-18-39(52(36)43(38)55)44(56)51-28-35(27-46(51)20-21-46)31-19-22-48-40(53)26-31/h4-6,10-11,13-16,19,22,24-26,29,35-36,38-39,41H,3,7-9,12,17-18,20-21,23,27-28H2,1-2H3,(H,48,53)(H,49,54)(H,50,58)/t29-,35-,36-,38-,39-,41?,61?/m0/s1. The van der Waals surface area contributed by atoms with E-state index in [9.17, 15) is 28.5 Å². The number of ether oxygens (including phenoxy) is 1. The normalized spacial score (nSPS) is 24.0. The summed E-state index contributed by atoms with van der Waals surface area (Å²) in [5.74, 6) is -3.52. The highest BCUT2D eigenvalue weighted by Gasteiger charge is 2.58. The van der Waals surface area contributed by atoms with Gasteiger partial charge in [0.1, 0.15) is 23.9 Å². The van der Waals surface area contributed by atoms with Crippen molar-refractivity contribution in [2.24, 2.45) is 0 Å². The Labute approximate surface area is 354 Å². The van der Waals surface area contributed by atoms with E-state index in [-0.39, 0.29) is 58.4 Å². The number of amides is 3. The van der Waals surface area contributed by atoms with Crippen molar-refractivity contribution >= 4 is 42.0 Å². The van der Waals surface area contributed by atoms with E-state index in [0.717, 1.165) is 44.1 Å². The van der Waals surface area contributed by atoms with Crippen LogP contribution >= 0.6 is 7.52 Å². The van der Waals surface area contributed by atoms with Gasteiger partial charge in [-0.2, -0.15) is 0 Å². The van der Waals surface area contributed by atoms with E-state index in [1.165, 1.54) is 31.2 Å². The molecule has 3 aromatic carbocycles. The van der Waals surface area contributed by atoms with Crippen molar-refractivity contribution in [3.05, 3.63) is 112 Å². The van der Waals surface area contributed by atoms with E-state index in [1.54, 1.807) is 59.6 Å². The number of halogens is 1. The number of benzene rings is 3. The molecule has 322 valence electrons. The number of carbonyl (C=O) groups is 4. The fraction of sp³-hybridized carbons (Fsp3) is 0.457. The molecule has 3 aliphatic heterocycles. The van der Waals surface area contributed by atoms with Gasteiger partial charge in [0, 0.05) is 41.9 Å². The lowest BCUT2D eigenvalue weighted by Crippen LogP contribution is -2.57. The van der Waals surface area contributed by atoms with Crippen LogP contribution in [0, 0.1) is 0 Å². The molecule has 2 unspecified atom stereocenters. The number of esters is 1. The van der Waals surface area contributed by atoms with Crippen LogP contribution in [0.3, 0.4) is 0 Å². The fourth-order valence-corrected chi connectivity index (χ4v) is 11.3. The van der Waals surface area contributed by atoms with Crippen LogP contribution in [-0.4, -0.2) is 81.3 Å². The van der Waals surface area contributed by atoms with Crippen molar-refractivity contribution in [1.29, 1.82) is 0 Å². The van der Waals surface area contributed by atoms with Gasteiger partial charge in [-0.1, -0.05) is 56.2 Å². The number of hydrogen-bond acceptors (Lipinski definition) is 8. The van der Waals surface area contributed by atoms with Gasteiger partial charge in [0.15, 0.2) is 0 Å². The number of fused-ring (bicyclic) bond motifs is 2. The molecule has 4 fully saturated rings. The Morgan fingerprint density at radius 1 is 0.951 bits per heavy atom. The summed E-state index contributed by atoms with van der Waals surface area (Å²) in [6, 6.07) is 18.5. The maximum Gasteiger partial charge on any atom is 0.355 e. The average molecular weight is 854 g/mol. The molecule has 4 aromatic rings. The first-order chi connectivity index (χ1) is 29.4. The first-order valence-corrected chi connectivity index (χ1v) is 23.2. The molecule has 0 radical (unpaired) electrons. The van der Waals surface area contributed by atoms with Crippen LogP contribution in [0.2, 0.25) is 0 Å². The van der Waals surface area contributed by atoms with Gasteiger partial charge in [0.05, 0.1) is 6.61 Å². The minimum absolute atomic E-state index is 0.00616. The number of pyridine rings is 1. The molecule has 3 amide bonds. The van der Waals surface area contributed by atoms with E-state index in [4.69, 9.17) is 9.26 Å². The zero-order valence-electron chi connectivity index (χ0n) is 34.5. The number of nitrogens with zero attached hydrogens (tertiary/aromatic N) is 2. The Morgan fingerprint density at radius 3 is 2.48 bits per heavy atom. The van der Waals surface area contributed by atoms with E-state index >= 15 is 4.39 Å². The summed E-state index contributed by atoms with van der Waals surface area (Å²) in [5.41, 5.74) is 0.748. The molecule has 0 bridgehead atoms. The highest BCUT2D eigenvalue weighted by Crippen LogP contribution is 2.58. The summed E-state index contributed by atoms with van der Waals surface area (Å²) in [6.07, 6.45) is 8.88. The number of nitrogens with one attached hydrogen (secondary N) is 3. The molecular weight excluding hydrogens is 801 g/mol. The SMILES string of the molecule is CCCOC(=O)[C@H](C)NP(=O)(Oc1ccccc1)C(F)c1ccc2ccc(C(=O)N[C@H]3CCCC[C@H]4CC[C@@H](C(=O)N5C[C@@H](c6cc[nH]c(=O)c6)CC56CC6)N4C3=O)cc2c1. The van der Waals surface area contributed by atoms with E-state index < -0.39 is 43.4 Å². The molecule has 1 aliphatic carbocycles. The number of aromatic amines is 1. The summed E-state index contributed by atoms with van der Waals surface area (Å²) in [5, 5.41) is 6.75. The van der Waals surface area contributed by atoms with Gasteiger partial charge in [0.2, 0.25) is 23.3 Å². The third-order valence-electron chi connectivity index (χ3n) is 12.8. The second-order valence-corrected chi connectivity index (χ2v) is 19.1. The highest BCUT2D eigenvalue weighted by atomic mass is 31.2. The molecule has 1 aromatic heterocycles. The second kappa shape index (κ2) is 17.6. The third kappa shape index (κ3) is 8.88. The number of H-pyrrole nitrogens is 1. The average Bonchev–Trinajstić information content (AvgIpc) is 3.75. The first-order valence-electron chi connectivity index (χ1n) is 21.5. The minimum Gasteiger partial charge on any atom is -0.465 e. The van der Waals surface area contributed by atoms with Gasteiger partial charge in [-0.15, -0.1) is 0 Å². The molecule has 3 N–H and O–H groups in total. The largest absolute Gasteiger partial charge is 0.465 e. The van der Waals surface area contributed by atoms with Crippen LogP contribution in [0.1, 0.15) is 111 Å². The Kier molecular flexibility index (Phi) is 12.2. The molecule has 8 rings (SSSR count). The van der Waals surface area contributed by atoms with Crippen LogP contribution in [0.15, 0.2) is 89.9 Å². The quantitative estimate of drug-likeness (QED) is 0.0926. The Morgan fingerprint density at radius 2 is 1.72 bits per heavy atom. The van der Waals surface area contributed by atoms with Crippen molar-refractivity contribution in [2.45, 2.75) is 120 Å². The van der Waals surface area contributed by atoms with Gasteiger partial charge in [-0.3, -0.25) is 28.5 Å². The van der Waals surface area contributed by atoms with Crippen LogP contribution in [0.25, 0.3) is 10.8 Å². The highest BCUT2D eigenvalue weighted by molar-refractivity contribution is 7.57. The summed E-state index contributed by atoms with van der Waals surface area (Å²) in [7, 11) is -4.47. The smallest absolute Gasteiger partial charge is 0.355 e. The molecule has 15 heteroatoms. The Bertz CT molecular complexity index is 2410. The van der Waals surface area contributed by atoms with Crippen LogP contribution in [0.4, 0.5) is 4.39 Å². The van der Waals surface area contributed by atoms with Crippen LogP contribution < -0.4 is 20.5 Å². The van der Waals surface area contributed by atoms with Crippen molar-refractivity contribution in [3.8, 4) is 5.75 Å². The maximum absolute atomic E-state index is 16.6. The van der Waals surface area contributed by atoms with Crippen molar-refractivity contribution < 1.29 is 37.4 Å². The predicted molar refractivity (Wildman–Crippen MR) is 228 cm³/mol. The molecular formula is C46H53FN5O8P. The summed E-state index contributed by atoms with van der Waals surface area (Å²) in [4.78, 5) is 74.1. The van der Waals surface area contributed by atoms with Gasteiger partial charge in [0.25, 0.3) is 5.91 Å². The summed E-state index contributed by atoms with van der Waals surface area (Å²) in [6.45, 7) is 3.93. The van der Waals surface area contributed by atoms with Crippen LogP contribution in [0.5, 0.6) is 5.75 Å². The number of aromatic nitrogens is 1. The lowest BCUT2D eigenvalue weighted by Gasteiger charge is -2.37. The number of alkyl halides is 1. The van der Waals surface area contributed by atoms with Crippen molar-refractivity contribution in [2.75, 3.05) is 13.2 Å². The lowest BCUT2D eigenvalue weighted by molar-refractivity contribution is -0.148. The van der Waals surface area contributed by atoms with Gasteiger partial charge >= 0.3 is 13.5 Å². The Balaban J connectivity index is 0.994. The minimum atomic E-state index is -4.47. The van der Waals surface area contributed by atoms with E-state index in [1.807, 2.05) is 17.9 Å². The van der Waals surface area contributed by atoms with Gasteiger partial charge < -0.3 is 29.4 Å². The Hall–Kier alpha value is -5.33. The molecule has 61 heavy (non-hydrogen) atoms. The third-order valence-corrected chi connectivity index (χ3v) is 14.9. The summed E-state index contributed by atoms with van der Waals surface area (Å²) >= 11 is 0. The van der Waals surface area contributed by atoms with Gasteiger partial charge in [-0.05, 0) is 117 Å². The van der Waals surface area contributed by atoms with Crippen LogP contribution in [-0.2, 0) is 23.7 Å². The lowest BCUT2D eigenvalue weighted by atomic mass is 9.96. The number of hydrogen-bond donors (Lipinski definition) is 3. The first kappa shape index (κ1) is 42.4. The maximum atomic E-state index is 16.6. The summed E-state index contributed by atoms with van der Waals surface area (Å²) < 4.78 is 42.0. The molecule has 4 heterocycles. The predicted octanol–water partition coefficient (Wildman–Crippen LogP) is 7.28. The molecule has 7 atom stereocenters. The molecule has 3 saturated heterocycles. The molecule has 1 saturated carbocycles. The molecule has 13 nitrogen and oxygen atoms in total. The molecule has 4 aliphatic rings. The second-order valence-electron chi connectivity index (χ2n) is 17.0. The number of rotatable bonds is 13. The topological polar surface area (TPSA) is 167 Å². The zero-order valence-corrected chi connectivity index (χ0v) is 35.4. The zero-order chi connectivity index (χ0) is 42.9. The van der Waals surface area contributed by atoms with Gasteiger partial charge in [-0.25, -0.2) is 9.48 Å². The molecule has 1 spiro atoms. The number of carbonyl (C=O) groups excluding carboxylic acids is 4. The number of para-hydroxylation sites is 1. The fourth-order valence-electron chi connectivity index (χ4n) is 9.43. The van der Waals surface area contributed by atoms with E-state index in [0.29, 0.717) is 43.0 Å². The monoisotopic (exact) mass is 853 g/mol. The van der Waals surface area contributed by atoms with E-state index in [2.05, 4.69) is 15.4 Å². The van der Waals surface area contributed by atoms with Crippen molar-refractivity contribution in [3.63, 3.8) is 0 Å². The number of likely N-dealkylation sites (tertiary alicyclic amines) is 1.